The summed E-state index contributed by atoms with van der Waals surface area (Å²) < 4.78 is 3.91. The molecule has 0 aromatic carbocycles. The number of nitrogens with one attached hydrogen (secondary N) is 1. The zero-order chi connectivity index (χ0) is 29.5. The SMILES string of the molecule is C=CC(=O)N(C)C1CC(N(C=O)/C=C(/Nc2cn(C)nc2C)c2ncc(C34CC3C4)n2C)C1.CC.CC.CC. The average molecular weight is 540 g/mol. The summed E-state index contributed by atoms with van der Waals surface area (Å²) in [7, 11) is 5.71. The summed E-state index contributed by atoms with van der Waals surface area (Å²) in [6.07, 6.45) is 11.9. The van der Waals surface area contributed by atoms with Gasteiger partial charge in [0.05, 0.1) is 17.1 Å². The lowest BCUT2D eigenvalue weighted by Crippen LogP contribution is -2.52. The predicted octanol–water partition coefficient (Wildman–Crippen LogP) is 5.25. The number of amides is 2. The van der Waals surface area contributed by atoms with E-state index in [4.69, 9.17) is 4.98 Å². The standard InChI is InChI=1S/C24H31N7O2.3C2H6/c1-6-22(33)29(4)17-7-18(8-17)31(14-32)13-20(26-19-12-28(3)27-15(19)2)23-25-11-21(30(23)5)24-9-16(24)10-24;3*1-2/h6,11-14,16-18,26H,1,7-10H2,2-5H3;3*1-2H3/b20-13+;;;. The van der Waals surface area contributed by atoms with Gasteiger partial charge in [-0.1, -0.05) is 48.1 Å². The molecular formula is C30H49N7O2. The quantitative estimate of drug-likeness (QED) is 0.348. The Morgan fingerprint density at radius 1 is 1.13 bits per heavy atom. The number of aromatic nitrogens is 4. The van der Waals surface area contributed by atoms with Crippen LogP contribution in [0.25, 0.3) is 5.70 Å². The fourth-order valence-corrected chi connectivity index (χ4v) is 5.07. The smallest absolute Gasteiger partial charge is 0.245 e. The first-order chi connectivity index (χ1) is 18.8. The van der Waals surface area contributed by atoms with Crippen molar-refractivity contribution in [3.63, 3.8) is 0 Å². The number of hydrogen-bond acceptors (Lipinski definition) is 5. The van der Waals surface area contributed by atoms with Crippen molar-refractivity contribution in [2.24, 2.45) is 20.0 Å². The van der Waals surface area contributed by atoms with Crippen molar-refractivity contribution >= 4 is 23.7 Å². The highest BCUT2D eigenvalue weighted by molar-refractivity contribution is 5.87. The van der Waals surface area contributed by atoms with E-state index in [1.165, 1.54) is 24.6 Å². The largest absolute Gasteiger partial charge is 0.349 e. The Balaban J connectivity index is 0.000000833. The average Bonchev–Trinajstić information content (AvgIpc) is 3.73. The molecule has 3 aliphatic rings. The zero-order valence-electron chi connectivity index (χ0n) is 25.7. The first kappa shape index (κ1) is 31.9. The normalized spacial score (nSPS) is 23.5. The number of anilines is 1. The van der Waals surface area contributed by atoms with Crippen LogP contribution in [0.4, 0.5) is 5.69 Å². The number of fused-ring (bicyclic) bond motifs is 1. The Bertz CT molecular complexity index is 1150. The minimum absolute atomic E-state index is 0.0222. The van der Waals surface area contributed by atoms with Gasteiger partial charge in [-0.3, -0.25) is 14.3 Å². The number of imidazole rings is 1. The molecule has 0 radical (unpaired) electrons. The van der Waals surface area contributed by atoms with Crippen LogP contribution in [-0.4, -0.2) is 60.6 Å². The summed E-state index contributed by atoms with van der Waals surface area (Å²) in [6, 6.07) is 0.128. The van der Waals surface area contributed by atoms with Crippen molar-refractivity contribution in [1.82, 2.24) is 29.1 Å². The van der Waals surface area contributed by atoms with Gasteiger partial charge in [-0.15, -0.1) is 0 Å². The topological polar surface area (TPSA) is 88.3 Å². The van der Waals surface area contributed by atoms with Crippen LogP contribution in [0.2, 0.25) is 0 Å². The Labute approximate surface area is 235 Å². The van der Waals surface area contributed by atoms with E-state index in [9.17, 15) is 9.59 Å². The maximum atomic E-state index is 12.1. The highest BCUT2D eigenvalue weighted by Gasteiger charge is 2.71. The molecule has 2 amide bonds. The number of nitrogens with zero attached hydrogens (tertiary/aromatic N) is 6. The number of aryl methyl sites for hydroxylation is 2. The molecule has 0 atom stereocenters. The highest BCUT2D eigenvalue weighted by atomic mass is 16.2. The lowest BCUT2D eigenvalue weighted by molar-refractivity contribution is -0.130. The van der Waals surface area contributed by atoms with Gasteiger partial charge in [0.25, 0.3) is 0 Å². The summed E-state index contributed by atoms with van der Waals surface area (Å²) in [4.78, 5) is 32.1. The van der Waals surface area contributed by atoms with Gasteiger partial charge in [0.2, 0.25) is 12.3 Å². The van der Waals surface area contributed by atoms with Crippen LogP contribution < -0.4 is 5.32 Å². The molecule has 3 aliphatic carbocycles. The van der Waals surface area contributed by atoms with E-state index >= 15 is 0 Å². The number of likely N-dealkylation sites (N-methyl/N-ethyl adjacent to an activating group) is 1. The Morgan fingerprint density at radius 3 is 2.18 bits per heavy atom. The number of carbonyl (C=O) groups is 2. The molecule has 0 unspecified atom stereocenters. The molecule has 0 bridgehead atoms. The molecule has 5 rings (SSSR count). The molecular weight excluding hydrogens is 490 g/mol. The summed E-state index contributed by atoms with van der Waals surface area (Å²) in [5.74, 6) is 1.51. The third-order valence-electron chi connectivity index (χ3n) is 7.68. The molecule has 2 heterocycles. The Hall–Kier alpha value is -3.36. The molecule has 0 aliphatic heterocycles. The van der Waals surface area contributed by atoms with Crippen LogP contribution >= 0.6 is 0 Å². The zero-order valence-corrected chi connectivity index (χ0v) is 25.7. The van der Waals surface area contributed by atoms with Gasteiger partial charge in [0.1, 0.15) is 0 Å². The third kappa shape index (κ3) is 6.45. The molecule has 1 N–H and O–H groups in total. The van der Waals surface area contributed by atoms with Crippen molar-refractivity contribution < 1.29 is 9.59 Å². The van der Waals surface area contributed by atoms with Crippen LogP contribution in [0.5, 0.6) is 0 Å². The van der Waals surface area contributed by atoms with Crippen LogP contribution in [0, 0.1) is 12.8 Å². The van der Waals surface area contributed by atoms with E-state index in [2.05, 4.69) is 21.6 Å². The lowest BCUT2D eigenvalue weighted by atomic mass is 9.84. The van der Waals surface area contributed by atoms with E-state index in [0.29, 0.717) is 5.41 Å². The van der Waals surface area contributed by atoms with Crippen LogP contribution in [0.3, 0.4) is 0 Å². The minimum Gasteiger partial charge on any atom is -0.349 e. The lowest BCUT2D eigenvalue weighted by Gasteiger charge is -2.44. The summed E-state index contributed by atoms with van der Waals surface area (Å²) >= 11 is 0. The summed E-state index contributed by atoms with van der Waals surface area (Å²) in [5.41, 5.74) is 4.09. The summed E-state index contributed by atoms with van der Waals surface area (Å²) in [5, 5.41) is 7.90. The second kappa shape index (κ2) is 13.6. The maximum Gasteiger partial charge on any atom is 0.245 e. The first-order valence-electron chi connectivity index (χ1n) is 14.4. The van der Waals surface area contributed by atoms with Crippen LogP contribution in [0.15, 0.2) is 31.2 Å². The molecule has 9 nitrogen and oxygen atoms in total. The fraction of sp³-hybridized carbons (Fsp3) is 0.600. The molecule has 0 spiro atoms. The molecule has 9 heteroatoms. The van der Waals surface area contributed by atoms with Crippen molar-refractivity contribution in [1.29, 1.82) is 0 Å². The van der Waals surface area contributed by atoms with Gasteiger partial charge in [-0.05, 0) is 44.6 Å². The molecule has 2 aromatic heterocycles. The Morgan fingerprint density at radius 2 is 1.72 bits per heavy atom. The van der Waals surface area contributed by atoms with E-state index in [0.717, 1.165) is 48.1 Å². The van der Waals surface area contributed by atoms with Crippen LogP contribution in [-0.2, 0) is 29.1 Å². The van der Waals surface area contributed by atoms with Gasteiger partial charge in [0, 0.05) is 62.9 Å². The third-order valence-corrected chi connectivity index (χ3v) is 7.68. The predicted molar refractivity (Wildman–Crippen MR) is 159 cm³/mol. The van der Waals surface area contributed by atoms with Crippen molar-refractivity contribution in [3.05, 3.63) is 48.5 Å². The molecule has 3 saturated carbocycles. The van der Waals surface area contributed by atoms with E-state index < -0.39 is 0 Å². The minimum atomic E-state index is -0.0978. The van der Waals surface area contributed by atoms with Crippen LogP contribution in [0.1, 0.15) is 84.4 Å². The fourth-order valence-electron chi connectivity index (χ4n) is 5.07. The van der Waals surface area contributed by atoms with Gasteiger partial charge >= 0.3 is 0 Å². The highest BCUT2D eigenvalue weighted by Crippen LogP contribution is 2.75. The second-order valence-corrected chi connectivity index (χ2v) is 9.74. The van der Waals surface area contributed by atoms with Crippen molar-refractivity contribution in [3.8, 4) is 0 Å². The number of hydrogen-bond donors (Lipinski definition) is 1. The first-order valence-corrected chi connectivity index (χ1v) is 14.4. The van der Waals surface area contributed by atoms with E-state index in [-0.39, 0.29) is 18.0 Å². The van der Waals surface area contributed by atoms with Crippen molar-refractivity contribution in [2.75, 3.05) is 12.4 Å². The number of carbonyl (C=O) groups excluding carboxylic acids is 2. The Kier molecular flexibility index (Phi) is 11.1. The van der Waals surface area contributed by atoms with Crippen molar-refractivity contribution in [2.45, 2.75) is 91.6 Å². The molecule has 2 aromatic rings. The molecule has 0 saturated heterocycles. The number of rotatable bonds is 9. The van der Waals surface area contributed by atoms with Gasteiger partial charge in [-0.2, -0.15) is 5.10 Å². The monoisotopic (exact) mass is 539 g/mol. The maximum absolute atomic E-state index is 12.1. The molecule has 216 valence electrons. The molecule has 3 fully saturated rings. The molecule has 39 heavy (non-hydrogen) atoms. The van der Waals surface area contributed by atoms with E-state index in [1.807, 2.05) is 81.2 Å². The van der Waals surface area contributed by atoms with E-state index in [1.54, 1.807) is 21.5 Å². The van der Waals surface area contributed by atoms with Gasteiger partial charge in [-0.25, -0.2) is 4.98 Å². The summed E-state index contributed by atoms with van der Waals surface area (Å²) in [6.45, 7) is 17.5. The van der Waals surface area contributed by atoms with Gasteiger partial charge < -0.3 is 19.7 Å². The van der Waals surface area contributed by atoms with Gasteiger partial charge in [0.15, 0.2) is 5.82 Å². The second-order valence-electron chi connectivity index (χ2n) is 9.74.